The van der Waals surface area contributed by atoms with Crippen molar-refractivity contribution in [1.82, 2.24) is 4.90 Å². The molecule has 0 radical (unpaired) electrons. The molecule has 25 heavy (non-hydrogen) atoms. The first-order valence-electron chi connectivity index (χ1n) is 7.79. The average molecular weight is 355 g/mol. The third-order valence-corrected chi connectivity index (χ3v) is 3.87. The Kier molecular flexibility index (Phi) is 6.44. The van der Waals surface area contributed by atoms with Crippen LogP contribution in [0.3, 0.4) is 0 Å². The van der Waals surface area contributed by atoms with Crippen molar-refractivity contribution in [2.75, 3.05) is 17.6 Å². The van der Waals surface area contributed by atoms with E-state index in [0.717, 1.165) is 5.56 Å². The average Bonchev–Trinajstić information content (AvgIpc) is 2.61. The van der Waals surface area contributed by atoms with E-state index in [1.807, 2.05) is 48.2 Å². The van der Waals surface area contributed by atoms with Gasteiger partial charge >= 0.3 is 0 Å². The number of halogens is 1. The molecule has 0 atom stereocenters. The van der Waals surface area contributed by atoms with E-state index in [1.165, 1.54) is 0 Å². The van der Waals surface area contributed by atoms with Gasteiger partial charge < -0.3 is 16.0 Å². The summed E-state index contributed by atoms with van der Waals surface area (Å²) in [6.45, 7) is 3.23. The van der Waals surface area contributed by atoms with Crippen LogP contribution < -0.4 is 11.1 Å². The predicted molar refractivity (Wildman–Crippen MR) is 101 cm³/mol. The van der Waals surface area contributed by atoms with Crippen LogP contribution in [0.2, 0.25) is 5.02 Å². The van der Waals surface area contributed by atoms with Crippen LogP contribution in [0.5, 0.6) is 0 Å². The second-order valence-electron chi connectivity index (χ2n) is 5.40. The van der Waals surface area contributed by atoms with Crippen molar-refractivity contribution in [1.29, 1.82) is 5.26 Å². The van der Waals surface area contributed by atoms with Crippen molar-refractivity contribution in [2.24, 2.45) is 0 Å². The Balaban J connectivity index is 2.14. The number of benzene rings is 2. The maximum absolute atomic E-state index is 12.4. The summed E-state index contributed by atoms with van der Waals surface area (Å²) >= 11 is 6.05. The normalized spacial score (nSPS) is 10.8. The highest BCUT2D eigenvalue weighted by Gasteiger charge is 2.13. The molecule has 2 rings (SSSR count). The Morgan fingerprint density at radius 3 is 2.64 bits per heavy atom. The monoisotopic (exact) mass is 354 g/mol. The summed E-state index contributed by atoms with van der Waals surface area (Å²) in [6.07, 6.45) is 1.56. The van der Waals surface area contributed by atoms with Crippen LogP contribution in [-0.2, 0) is 11.3 Å². The molecule has 0 spiro atoms. The molecule has 2 aromatic rings. The molecular weight excluding hydrogens is 336 g/mol. The Morgan fingerprint density at radius 2 is 2.04 bits per heavy atom. The molecular formula is C19H19ClN4O. The lowest BCUT2D eigenvalue weighted by Gasteiger charge is -2.19. The van der Waals surface area contributed by atoms with E-state index in [0.29, 0.717) is 29.5 Å². The minimum Gasteiger partial charge on any atom is -0.399 e. The first kappa shape index (κ1) is 18.4. The Hall–Kier alpha value is -2.97. The fourth-order valence-electron chi connectivity index (χ4n) is 2.21. The van der Waals surface area contributed by atoms with Gasteiger partial charge in [-0.15, -0.1) is 0 Å². The van der Waals surface area contributed by atoms with E-state index < -0.39 is 5.91 Å². The van der Waals surface area contributed by atoms with E-state index >= 15 is 0 Å². The molecule has 0 aliphatic rings. The number of amides is 1. The molecule has 0 heterocycles. The van der Waals surface area contributed by atoms with Crippen molar-refractivity contribution in [3.8, 4) is 6.07 Å². The van der Waals surface area contributed by atoms with Gasteiger partial charge in [0.1, 0.15) is 11.6 Å². The highest BCUT2D eigenvalue weighted by Crippen LogP contribution is 2.24. The fourth-order valence-corrected chi connectivity index (χ4v) is 2.45. The second-order valence-corrected chi connectivity index (χ2v) is 5.80. The van der Waals surface area contributed by atoms with Gasteiger partial charge in [-0.1, -0.05) is 41.9 Å². The molecule has 0 aromatic heterocycles. The summed E-state index contributed by atoms with van der Waals surface area (Å²) in [5, 5.41) is 12.3. The second kappa shape index (κ2) is 8.76. The molecule has 5 nitrogen and oxygen atoms in total. The number of carbonyl (C=O) groups is 1. The third kappa shape index (κ3) is 5.27. The number of anilines is 2. The highest BCUT2D eigenvalue weighted by molar-refractivity contribution is 6.34. The van der Waals surface area contributed by atoms with E-state index in [9.17, 15) is 10.1 Å². The van der Waals surface area contributed by atoms with Gasteiger partial charge in [-0.05, 0) is 30.7 Å². The molecule has 0 unspecified atom stereocenters. The summed E-state index contributed by atoms with van der Waals surface area (Å²) in [7, 11) is 0. The van der Waals surface area contributed by atoms with Crippen LogP contribution in [0.1, 0.15) is 12.5 Å². The lowest BCUT2D eigenvalue weighted by atomic mass is 10.2. The van der Waals surface area contributed by atoms with Gasteiger partial charge in [0.2, 0.25) is 0 Å². The summed E-state index contributed by atoms with van der Waals surface area (Å²) in [5.41, 5.74) is 7.65. The van der Waals surface area contributed by atoms with E-state index in [2.05, 4.69) is 5.32 Å². The number of nitrogens with one attached hydrogen (secondary N) is 1. The lowest BCUT2D eigenvalue weighted by molar-refractivity contribution is -0.112. The molecule has 0 aliphatic heterocycles. The fraction of sp³-hybridized carbons (Fsp3) is 0.158. The Labute approximate surface area is 152 Å². The van der Waals surface area contributed by atoms with Crippen LogP contribution in [0.25, 0.3) is 0 Å². The van der Waals surface area contributed by atoms with Crippen molar-refractivity contribution < 1.29 is 4.79 Å². The zero-order valence-electron chi connectivity index (χ0n) is 13.9. The summed E-state index contributed by atoms with van der Waals surface area (Å²) < 4.78 is 0. The standard InChI is InChI=1S/C19H19ClN4O/c1-2-24(12-14-6-4-3-5-7-14)13-15(11-21)19(25)23-18-9-8-16(22)10-17(18)20/h3-10,13H,2,12,22H2,1H3,(H,23,25)/b15-13-. The van der Waals surface area contributed by atoms with Gasteiger partial charge in [0.15, 0.2) is 0 Å². The summed E-state index contributed by atoms with van der Waals surface area (Å²) in [5.74, 6) is -0.513. The Morgan fingerprint density at radius 1 is 1.32 bits per heavy atom. The minimum atomic E-state index is -0.513. The third-order valence-electron chi connectivity index (χ3n) is 3.55. The van der Waals surface area contributed by atoms with Crippen LogP contribution >= 0.6 is 11.6 Å². The minimum absolute atomic E-state index is 0.00525. The number of nitrogen functional groups attached to an aromatic ring is 1. The zero-order valence-corrected chi connectivity index (χ0v) is 14.6. The summed E-state index contributed by atoms with van der Waals surface area (Å²) in [4.78, 5) is 14.3. The molecule has 3 N–H and O–H groups in total. The Bertz CT molecular complexity index is 812. The first-order chi connectivity index (χ1) is 12.0. The molecule has 6 heteroatoms. The van der Waals surface area contributed by atoms with Crippen LogP contribution in [-0.4, -0.2) is 17.4 Å². The van der Waals surface area contributed by atoms with Crippen LogP contribution in [0.4, 0.5) is 11.4 Å². The van der Waals surface area contributed by atoms with Crippen molar-refractivity contribution in [3.05, 3.63) is 70.9 Å². The first-order valence-corrected chi connectivity index (χ1v) is 8.17. The van der Waals surface area contributed by atoms with Crippen molar-refractivity contribution in [3.63, 3.8) is 0 Å². The van der Waals surface area contributed by atoms with E-state index in [-0.39, 0.29) is 5.57 Å². The number of hydrogen-bond donors (Lipinski definition) is 2. The topological polar surface area (TPSA) is 82.2 Å². The molecule has 0 fully saturated rings. The predicted octanol–water partition coefficient (Wildman–Crippen LogP) is 3.79. The number of nitrogens with two attached hydrogens (primary N) is 1. The number of rotatable bonds is 6. The smallest absolute Gasteiger partial charge is 0.267 e. The molecule has 0 saturated heterocycles. The maximum Gasteiger partial charge on any atom is 0.267 e. The molecule has 2 aromatic carbocycles. The maximum atomic E-state index is 12.4. The van der Waals surface area contributed by atoms with Gasteiger partial charge in [0, 0.05) is 25.0 Å². The quantitative estimate of drug-likeness (QED) is 0.469. The van der Waals surface area contributed by atoms with Crippen molar-refractivity contribution >= 4 is 28.9 Å². The molecule has 0 aliphatic carbocycles. The molecule has 1 amide bonds. The largest absolute Gasteiger partial charge is 0.399 e. The van der Waals surface area contributed by atoms with Crippen LogP contribution in [0.15, 0.2) is 60.3 Å². The van der Waals surface area contributed by atoms with Crippen LogP contribution in [0, 0.1) is 11.3 Å². The van der Waals surface area contributed by atoms with Gasteiger partial charge in [-0.25, -0.2) is 0 Å². The number of carbonyl (C=O) groups excluding carboxylic acids is 1. The van der Waals surface area contributed by atoms with Gasteiger partial charge in [-0.3, -0.25) is 4.79 Å². The van der Waals surface area contributed by atoms with Gasteiger partial charge in [0.05, 0.1) is 10.7 Å². The molecule has 128 valence electrons. The number of nitrogens with zero attached hydrogens (tertiary/aromatic N) is 2. The molecule has 0 bridgehead atoms. The number of nitriles is 1. The highest BCUT2D eigenvalue weighted by atomic mass is 35.5. The lowest BCUT2D eigenvalue weighted by Crippen LogP contribution is -2.21. The molecule has 0 saturated carbocycles. The van der Waals surface area contributed by atoms with Gasteiger partial charge in [0.25, 0.3) is 5.91 Å². The van der Waals surface area contributed by atoms with E-state index in [4.69, 9.17) is 17.3 Å². The summed E-state index contributed by atoms with van der Waals surface area (Å²) in [6, 6.07) is 16.6. The number of hydrogen-bond acceptors (Lipinski definition) is 4. The van der Waals surface area contributed by atoms with E-state index in [1.54, 1.807) is 24.4 Å². The van der Waals surface area contributed by atoms with Gasteiger partial charge in [-0.2, -0.15) is 5.26 Å². The zero-order chi connectivity index (χ0) is 18.2. The van der Waals surface area contributed by atoms with Crippen molar-refractivity contribution in [2.45, 2.75) is 13.5 Å². The SMILES string of the molecule is CCN(/C=C(/C#N)C(=O)Nc1ccc(N)cc1Cl)Cc1ccccc1.